The van der Waals surface area contributed by atoms with Crippen molar-refractivity contribution in [3.05, 3.63) is 0 Å². The molecule has 0 saturated heterocycles. The first-order valence-corrected chi connectivity index (χ1v) is 3.98. The summed E-state index contributed by atoms with van der Waals surface area (Å²) in [7, 11) is -1.70. The molecule has 0 fully saturated rings. The van der Waals surface area contributed by atoms with Crippen LogP contribution in [0.3, 0.4) is 0 Å². The van der Waals surface area contributed by atoms with E-state index in [1.54, 1.807) is 0 Å². The molecule has 1 amide bonds. The van der Waals surface area contributed by atoms with E-state index in [2.05, 4.69) is 5.32 Å². The van der Waals surface area contributed by atoms with Crippen LogP contribution in [0.5, 0.6) is 0 Å². The SMILES string of the molecule is C[C@H](NC(=O)[C@@H](N)CC(=O)O)B(O)O. The summed E-state index contributed by atoms with van der Waals surface area (Å²) in [5.74, 6) is -2.81. The quantitative estimate of drug-likeness (QED) is 0.309. The fourth-order valence-electron chi connectivity index (χ4n) is 0.687. The van der Waals surface area contributed by atoms with Gasteiger partial charge in [-0.25, -0.2) is 0 Å². The highest BCUT2D eigenvalue weighted by Crippen LogP contribution is 1.91. The minimum atomic E-state index is -1.70. The maximum atomic E-state index is 11.1. The number of nitrogens with two attached hydrogens (primary N) is 1. The molecule has 0 aliphatic heterocycles. The number of carbonyl (C=O) groups excluding carboxylic acids is 1. The summed E-state index contributed by atoms with van der Waals surface area (Å²) in [4.78, 5) is 21.2. The van der Waals surface area contributed by atoms with E-state index in [4.69, 9.17) is 20.9 Å². The summed E-state index contributed by atoms with van der Waals surface area (Å²) in [6, 6.07) is -1.19. The topological polar surface area (TPSA) is 133 Å². The Hall–Kier alpha value is -1.12. The lowest BCUT2D eigenvalue weighted by Gasteiger charge is -2.15. The fourth-order valence-corrected chi connectivity index (χ4v) is 0.687. The molecule has 0 aromatic rings. The van der Waals surface area contributed by atoms with Gasteiger partial charge in [0.15, 0.2) is 0 Å². The van der Waals surface area contributed by atoms with Crippen LogP contribution < -0.4 is 11.1 Å². The highest BCUT2D eigenvalue weighted by Gasteiger charge is 2.24. The third-order valence-corrected chi connectivity index (χ3v) is 1.55. The van der Waals surface area contributed by atoms with Crippen LogP contribution in [-0.2, 0) is 9.59 Å². The number of carboxylic acid groups (broad SMARTS) is 1. The second-order valence-corrected chi connectivity index (χ2v) is 2.92. The van der Waals surface area contributed by atoms with Gasteiger partial charge in [-0.3, -0.25) is 9.59 Å². The zero-order valence-corrected chi connectivity index (χ0v) is 7.67. The first-order valence-electron chi connectivity index (χ1n) is 3.98. The van der Waals surface area contributed by atoms with Crippen molar-refractivity contribution in [2.45, 2.75) is 25.3 Å². The average molecular weight is 204 g/mol. The van der Waals surface area contributed by atoms with Crippen molar-refractivity contribution < 1.29 is 24.7 Å². The minimum absolute atomic E-state index is 0.500. The number of rotatable bonds is 5. The summed E-state index contributed by atoms with van der Waals surface area (Å²) in [5.41, 5.74) is 5.21. The van der Waals surface area contributed by atoms with Crippen LogP contribution in [0.1, 0.15) is 13.3 Å². The maximum absolute atomic E-state index is 11.1. The van der Waals surface area contributed by atoms with Gasteiger partial charge in [-0.05, 0) is 6.92 Å². The van der Waals surface area contributed by atoms with Crippen molar-refractivity contribution in [1.29, 1.82) is 0 Å². The fraction of sp³-hybridized carbons (Fsp3) is 0.667. The molecule has 2 atom stereocenters. The van der Waals surface area contributed by atoms with E-state index in [0.717, 1.165) is 0 Å². The van der Waals surface area contributed by atoms with Gasteiger partial charge in [0.25, 0.3) is 0 Å². The summed E-state index contributed by atoms with van der Waals surface area (Å²) in [6.45, 7) is 1.36. The third-order valence-electron chi connectivity index (χ3n) is 1.55. The zero-order valence-electron chi connectivity index (χ0n) is 7.67. The van der Waals surface area contributed by atoms with E-state index in [1.165, 1.54) is 6.92 Å². The molecule has 0 aromatic carbocycles. The van der Waals surface area contributed by atoms with Crippen LogP contribution in [0.25, 0.3) is 0 Å². The Labute approximate surface area is 81.1 Å². The van der Waals surface area contributed by atoms with Crippen LogP contribution in [0.4, 0.5) is 0 Å². The van der Waals surface area contributed by atoms with Crippen LogP contribution in [0.15, 0.2) is 0 Å². The number of hydrogen-bond donors (Lipinski definition) is 5. The highest BCUT2D eigenvalue weighted by atomic mass is 16.4. The normalized spacial score (nSPS) is 14.3. The Morgan fingerprint density at radius 3 is 2.36 bits per heavy atom. The molecule has 7 nitrogen and oxygen atoms in total. The van der Waals surface area contributed by atoms with Gasteiger partial charge < -0.3 is 26.2 Å². The molecule has 0 aliphatic rings. The van der Waals surface area contributed by atoms with Gasteiger partial charge in [0, 0.05) is 0 Å². The highest BCUT2D eigenvalue weighted by molar-refractivity contribution is 6.43. The molecular formula is C6H13BN2O5. The number of amides is 1. The van der Waals surface area contributed by atoms with E-state index >= 15 is 0 Å². The minimum Gasteiger partial charge on any atom is -0.481 e. The van der Waals surface area contributed by atoms with Gasteiger partial charge in [0.05, 0.1) is 18.4 Å². The molecule has 8 heteroatoms. The Kier molecular flexibility index (Phi) is 5.14. The Balaban J connectivity index is 4.01. The van der Waals surface area contributed by atoms with Crippen LogP contribution >= 0.6 is 0 Å². The summed E-state index contributed by atoms with van der Waals surface area (Å²) >= 11 is 0. The number of nitrogens with one attached hydrogen (secondary N) is 1. The second kappa shape index (κ2) is 5.58. The Morgan fingerprint density at radius 2 is 2.00 bits per heavy atom. The second-order valence-electron chi connectivity index (χ2n) is 2.92. The predicted octanol–water partition coefficient (Wildman–Crippen LogP) is -2.69. The smallest absolute Gasteiger partial charge is 0.475 e. The maximum Gasteiger partial charge on any atom is 0.475 e. The Bertz CT molecular complexity index is 222. The van der Waals surface area contributed by atoms with Gasteiger partial charge in [0.1, 0.15) is 0 Å². The predicted molar refractivity (Wildman–Crippen MR) is 48.0 cm³/mol. The van der Waals surface area contributed by atoms with Gasteiger partial charge in [-0.1, -0.05) is 0 Å². The zero-order chi connectivity index (χ0) is 11.3. The lowest BCUT2D eigenvalue weighted by molar-refractivity contribution is -0.139. The molecule has 14 heavy (non-hydrogen) atoms. The molecule has 80 valence electrons. The average Bonchev–Trinajstić information content (AvgIpc) is 2.02. The monoisotopic (exact) mass is 204 g/mol. The third kappa shape index (κ3) is 4.80. The van der Waals surface area contributed by atoms with Crippen molar-refractivity contribution in [1.82, 2.24) is 5.32 Å². The van der Waals surface area contributed by atoms with E-state index in [-0.39, 0.29) is 0 Å². The molecule has 0 radical (unpaired) electrons. The number of aliphatic carboxylic acids is 1. The molecule has 0 aliphatic carbocycles. The van der Waals surface area contributed by atoms with Crippen LogP contribution in [0.2, 0.25) is 0 Å². The largest absolute Gasteiger partial charge is 0.481 e. The van der Waals surface area contributed by atoms with Crippen LogP contribution in [-0.4, -0.2) is 46.1 Å². The van der Waals surface area contributed by atoms with E-state index < -0.39 is 37.4 Å². The molecule has 0 unspecified atom stereocenters. The van der Waals surface area contributed by atoms with Crippen molar-refractivity contribution in [2.75, 3.05) is 0 Å². The van der Waals surface area contributed by atoms with E-state index in [9.17, 15) is 9.59 Å². The van der Waals surface area contributed by atoms with Gasteiger partial charge in [-0.15, -0.1) is 0 Å². The molecular weight excluding hydrogens is 191 g/mol. The number of carboxylic acids is 1. The summed E-state index contributed by atoms with van der Waals surface area (Å²) in [6.07, 6.45) is -0.500. The van der Waals surface area contributed by atoms with Crippen molar-refractivity contribution in [3.63, 3.8) is 0 Å². The standard InChI is InChI=1S/C6H13BN2O5/c1-3(7(13)14)9-6(12)4(8)2-5(10)11/h3-4,13-14H,2,8H2,1H3,(H,9,12)(H,10,11)/t3-,4-/m0/s1. The van der Waals surface area contributed by atoms with Crippen molar-refractivity contribution in [2.24, 2.45) is 5.73 Å². The molecule has 0 saturated carbocycles. The number of carbonyl (C=O) groups is 2. The number of hydrogen-bond acceptors (Lipinski definition) is 5. The summed E-state index contributed by atoms with van der Waals surface area (Å²) in [5, 5.41) is 27.7. The van der Waals surface area contributed by atoms with Gasteiger partial charge >= 0.3 is 13.1 Å². The van der Waals surface area contributed by atoms with E-state index in [1.807, 2.05) is 0 Å². The van der Waals surface area contributed by atoms with Gasteiger partial charge in [0.2, 0.25) is 5.91 Å². The van der Waals surface area contributed by atoms with Crippen LogP contribution in [0, 0.1) is 0 Å². The molecule has 0 rings (SSSR count). The molecule has 6 N–H and O–H groups in total. The van der Waals surface area contributed by atoms with E-state index in [0.29, 0.717) is 0 Å². The Morgan fingerprint density at radius 1 is 1.50 bits per heavy atom. The lowest BCUT2D eigenvalue weighted by Crippen LogP contribution is -2.50. The molecule has 0 heterocycles. The molecule has 0 bridgehead atoms. The first-order chi connectivity index (χ1) is 6.34. The van der Waals surface area contributed by atoms with Gasteiger partial charge in [-0.2, -0.15) is 0 Å². The van der Waals surface area contributed by atoms with Crippen molar-refractivity contribution in [3.8, 4) is 0 Å². The molecule has 0 spiro atoms. The first kappa shape index (κ1) is 12.9. The molecule has 0 aromatic heterocycles. The summed E-state index contributed by atoms with van der Waals surface area (Å²) < 4.78 is 0. The lowest BCUT2D eigenvalue weighted by atomic mass is 9.81. The van der Waals surface area contributed by atoms with Crippen molar-refractivity contribution >= 4 is 19.0 Å².